The summed E-state index contributed by atoms with van der Waals surface area (Å²) >= 11 is 0. The Hall–Kier alpha value is -4.08. The molecular formula is C25H28N8O2. The van der Waals surface area contributed by atoms with Gasteiger partial charge in [0.05, 0.1) is 12.5 Å². The van der Waals surface area contributed by atoms with E-state index in [-0.39, 0.29) is 11.3 Å². The first-order valence-corrected chi connectivity index (χ1v) is 11.9. The Balaban J connectivity index is 1.17. The predicted molar refractivity (Wildman–Crippen MR) is 132 cm³/mol. The predicted octanol–water partition coefficient (Wildman–Crippen LogP) is 2.89. The number of carbonyl (C=O) groups is 1. The minimum Gasteiger partial charge on any atom is -0.497 e. The molecule has 1 amide bonds. The average Bonchev–Trinajstić information content (AvgIpc) is 3.38. The molecule has 0 unspecified atom stereocenters. The summed E-state index contributed by atoms with van der Waals surface area (Å²) in [5.41, 5.74) is 2.54. The number of aryl methyl sites for hydroxylation is 1. The van der Waals surface area contributed by atoms with Crippen molar-refractivity contribution in [1.82, 2.24) is 29.7 Å². The van der Waals surface area contributed by atoms with Crippen molar-refractivity contribution < 1.29 is 9.53 Å². The third-order valence-electron chi connectivity index (χ3n) is 6.98. The molecule has 1 saturated heterocycles. The molecule has 4 aromatic rings. The summed E-state index contributed by atoms with van der Waals surface area (Å²) in [7, 11) is 1.65. The Morgan fingerprint density at radius 2 is 1.89 bits per heavy atom. The van der Waals surface area contributed by atoms with Crippen LogP contribution in [0.5, 0.6) is 5.75 Å². The van der Waals surface area contributed by atoms with Crippen molar-refractivity contribution in [3.8, 4) is 5.75 Å². The molecule has 6 rings (SSSR count). The summed E-state index contributed by atoms with van der Waals surface area (Å²) < 4.78 is 7.10. The van der Waals surface area contributed by atoms with Crippen LogP contribution in [0.4, 0.5) is 17.6 Å². The normalized spacial score (nSPS) is 17.0. The Morgan fingerprint density at radius 1 is 1.11 bits per heavy atom. The van der Waals surface area contributed by atoms with Crippen LogP contribution in [0.2, 0.25) is 0 Å². The zero-order valence-corrected chi connectivity index (χ0v) is 19.9. The number of carbonyl (C=O) groups excluding carboxylic acids is 1. The van der Waals surface area contributed by atoms with Gasteiger partial charge in [0.15, 0.2) is 11.6 Å². The van der Waals surface area contributed by atoms with Gasteiger partial charge in [0, 0.05) is 44.1 Å². The molecule has 4 heterocycles. The number of aromatic nitrogens is 5. The zero-order chi connectivity index (χ0) is 24.0. The number of H-pyrrole nitrogens is 1. The molecule has 0 atom stereocenters. The lowest BCUT2D eigenvalue weighted by Crippen LogP contribution is -2.52. The molecular weight excluding hydrogens is 444 g/mol. The second-order valence-electron chi connectivity index (χ2n) is 9.25. The fourth-order valence-corrected chi connectivity index (χ4v) is 4.83. The molecule has 1 aromatic carbocycles. The van der Waals surface area contributed by atoms with E-state index in [2.05, 4.69) is 20.4 Å². The van der Waals surface area contributed by atoms with Gasteiger partial charge in [0.1, 0.15) is 11.3 Å². The summed E-state index contributed by atoms with van der Waals surface area (Å²) in [6, 6.07) is 13.8. The third-order valence-corrected chi connectivity index (χ3v) is 6.98. The van der Waals surface area contributed by atoms with Crippen LogP contribution < -0.4 is 15.0 Å². The first kappa shape index (κ1) is 21.5. The van der Waals surface area contributed by atoms with Gasteiger partial charge >= 0.3 is 0 Å². The highest BCUT2D eigenvalue weighted by molar-refractivity contribution is 5.91. The van der Waals surface area contributed by atoms with E-state index < -0.39 is 0 Å². The molecule has 10 nitrogen and oxygen atoms in total. The number of piperazine rings is 1. The van der Waals surface area contributed by atoms with Crippen LogP contribution in [-0.4, -0.2) is 68.9 Å². The summed E-state index contributed by atoms with van der Waals surface area (Å²) in [5.74, 6) is 3.06. The van der Waals surface area contributed by atoms with E-state index in [9.17, 15) is 4.79 Å². The second kappa shape index (κ2) is 8.30. The van der Waals surface area contributed by atoms with E-state index in [0.29, 0.717) is 43.8 Å². The highest BCUT2D eigenvalue weighted by Crippen LogP contribution is 2.50. The van der Waals surface area contributed by atoms with E-state index >= 15 is 0 Å². The number of anilines is 3. The number of amides is 1. The molecule has 35 heavy (non-hydrogen) atoms. The van der Waals surface area contributed by atoms with Gasteiger partial charge in [-0.15, -0.1) is 5.10 Å². The van der Waals surface area contributed by atoms with Crippen LogP contribution in [0.25, 0.3) is 5.52 Å². The Labute approximate surface area is 202 Å². The number of nitrogens with zero attached hydrogens (tertiary/aromatic N) is 6. The number of methoxy groups -OCH3 is 1. The molecule has 1 saturated carbocycles. The molecule has 0 radical (unpaired) electrons. The van der Waals surface area contributed by atoms with Crippen molar-refractivity contribution in [2.75, 3.05) is 43.5 Å². The first-order valence-electron chi connectivity index (χ1n) is 11.9. The van der Waals surface area contributed by atoms with Crippen molar-refractivity contribution in [2.45, 2.75) is 25.2 Å². The maximum Gasteiger partial charge on any atom is 0.245 e. The number of nitrogens with one attached hydrogen (secondary N) is 2. The van der Waals surface area contributed by atoms with Crippen LogP contribution in [-0.2, 0) is 10.2 Å². The van der Waals surface area contributed by atoms with Gasteiger partial charge in [-0.3, -0.25) is 9.89 Å². The molecule has 2 N–H and O–H groups in total. The highest BCUT2D eigenvalue weighted by atomic mass is 16.5. The van der Waals surface area contributed by atoms with Crippen LogP contribution in [0.1, 0.15) is 24.1 Å². The Morgan fingerprint density at radius 3 is 2.54 bits per heavy atom. The van der Waals surface area contributed by atoms with E-state index in [1.165, 1.54) is 0 Å². The van der Waals surface area contributed by atoms with Gasteiger partial charge in [-0.2, -0.15) is 10.1 Å². The van der Waals surface area contributed by atoms with E-state index in [1.54, 1.807) is 7.11 Å². The molecule has 2 fully saturated rings. The van der Waals surface area contributed by atoms with E-state index in [1.807, 2.05) is 65.0 Å². The lowest BCUT2D eigenvalue weighted by molar-refractivity contribution is -0.134. The lowest BCUT2D eigenvalue weighted by atomic mass is 9.94. The molecule has 1 aliphatic carbocycles. The number of aromatic amines is 1. The molecule has 0 spiro atoms. The molecule has 1 aliphatic heterocycles. The third kappa shape index (κ3) is 3.84. The van der Waals surface area contributed by atoms with Crippen molar-refractivity contribution in [3.63, 3.8) is 0 Å². The minimum absolute atomic E-state index is 0.223. The van der Waals surface area contributed by atoms with Crippen molar-refractivity contribution in [2.24, 2.45) is 0 Å². The highest BCUT2D eigenvalue weighted by Gasteiger charge is 2.53. The SMILES string of the molecule is COc1ccc(C2(C(=O)N3CCN(c4nc(Nc5cc(C)[nH]n5)c5cccn5n4)CC3)CC2)cc1. The fourth-order valence-electron chi connectivity index (χ4n) is 4.83. The molecule has 10 heteroatoms. The number of rotatable bonds is 6. The van der Waals surface area contributed by atoms with Crippen LogP contribution in [0, 0.1) is 6.92 Å². The fraction of sp³-hybridized carbons (Fsp3) is 0.360. The summed E-state index contributed by atoms with van der Waals surface area (Å²) in [6.07, 6.45) is 3.70. The monoisotopic (exact) mass is 472 g/mol. The number of benzene rings is 1. The van der Waals surface area contributed by atoms with Crippen molar-refractivity contribution in [1.29, 1.82) is 0 Å². The molecule has 3 aromatic heterocycles. The number of ether oxygens (including phenoxy) is 1. The molecule has 2 aliphatic rings. The Bertz CT molecular complexity index is 1360. The number of fused-ring (bicyclic) bond motifs is 1. The summed E-state index contributed by atoms with van der Waals surface area (Å²) in [6.45, 7) is 4.60. The van der Waals surface area contributed by atoms with Crippen LogP contribution >= 0.6 is 0 Å². The van der Waals surface area contributed by atoms with E-state index in [4.69, 9.17) is 14.8 Å². The maximum absolute atomic E-state index is 13.5. The zero-order valence-electron chi connectivity index (χ0n) is 19.9. The second-order valence-corrected chi connectivity index (χ2v) is 9.25. The smallest absolute Gasteiger partial charge is 0.245 e. The first-order chi connectivity index (χ1) is 17.1. The minimum atomic E-state index is -0.381. The van der Waals surface area contributed by atoms with Gasteiger partial charge in [-0.25, -0.2) is 4.52 Å². The van der Waals surface area contributed by atoms with Gasteiger partial charge in [0.25, 0.3) is 0 Å². The van der Waals surface area contributed by atoms with Gasteiger partial charge in [-0.1, -0.05) is 12.1 Å². The van der Waals surface area contributed by atoms with Crippen molar-refractivity contribution in [3.05, 3.63) is 59.9 Å². The quantitative estimate of drug-likeness (QED) is 0.445. The standard InChI is InChI=1S/C25H28N8O2/c1-17-16-21(29-28-17)26-22-20-4-3-11-33(20)30-24(27-22)32-14-12-31(13-15-32)23(34)25(9-10-25)18-5-7-19(35-2)8-6-18/h3-8,11,16H,9-10,12-15H2,1-2H3,(H2,26,27,28,29,30). The van der Waals surface area contributed by atoms with Crippen LogP contribution in [0.15, 0.2) is 48.7 Å². The van der Waals surface area contributed by atoms with Gasteiger partial charge in [-0.05, 0) is 49.6 Å². The summed E-state index contributed by atoms with van der Waals surface area (Å²) in [5, 5.41) is 15.2. The number of hydrogen-bond acceptors (Lipinski definition) is 7. The topological polar surface area (TPSA) is 104 Å². The largest absolute Gasteiger partial charge is 0.497 e. The number of hydrogen-bond donors (Lipinski definition) is 2. The summed E-state index contributed by atoms with van der Waals surface area (Å²) in [4.78, 5) is 22.4. The maximum atomic E-state index is 13.5. The van der Waals surface area contributed by atoms with Crippen molar-refractivity contribution >= 4 is 29.0 Å². The lowest BCUT2D eigenvalue weighted by Gasteiger charge is -2.36. The Kier molecular flexibility index (Phi) is 5.09. The average molecular weight is 473 g/mol. The van der Waals surface area contributed by atoms with Gasteiger partial charge in [0.2, 0.25) is 11.9 Å². The van der Waals surface area contributed by atoms with E-state index in [0.717, 1.165) is 35.4 Å². The molecule has 180 valence electrons. The molecule has 0 bridgehead atoms. The van der Waals surface area contributed by atoms with Gasteiger partial charge < -0.3 is 19.9 Å². The van der Waals surface area contributed by atoms with Crippen LogP contribution in [0.3, 0.4) is 0 Å².